The number of carbonyl (C=O) groups is 1. The van der Waals surface area contributed by atoms with Crippen molar-refractivity contribution in [2.24, 2.45) is 0 Å². The highest BCUT2D eigenvalue weighted by Crippen LogP contribution is 2.44. The van der Waals surface area contributed by atoms with Crippen molar-refractivity contribution >= 4 is 23.2 Å². The van der Waals surface area contributed by atoms with Crippen LogP contribution in [-0.4, -0.2) is 56.8 Å². The van der Waals surface area contributed by atoms with Gasteiger partial charge in [-0.25, -0.2) is 4.98 Å². The third kappa shape index (κ3) is 4.72. The summed E-state index contributed by atoms with van der Waals surface area (Å²) in [4.78, 5) is 18.0. The molecule has 0 fully saturated rings. The first-order valence-corrected chi connectivity index (χ1v) is 10.1. The van der Waals surface area contributed by atoms with Crippen molar-refractivity contribution in [3.63, 3.8) is 0 Å². The number of methoxy groups -OCH3 is 1. The normalized spacial score (nSPS) is 15.6. The summed E-state index contributed by atoms with van der Waals surface area (Å²) in [6.07, 6.45) is 2.22. The van der Waals surface area contributed by atoms with E-state index in [1.54, 1.807) is 7.11 Å². The van der Waals surface area contributed by atoms with E-state index in [4.69, 9.17) is 19.2 Å². The standard InChI is InChI=1S/C22H31N3O4/c1-14(2)23-22-15-7-8-18(29-13-26)21(15)16-11-19(27-5)20(12-17(16)24-22)28-10-6-9-25(3)4/h11-14,18H,6-10H2,1-5H3,(H,23,24). The third-order valence-corrected chi connectivity index (χ3v) is 5.05. The Bertz CT molecular complexity index is 867. The molecule has 0 saturated heterocycles. The molecule has 29 heavy (non-hydrogen) atoms. The van der Waals surface area contributed by atoms with Gasteiger partial charge in [-0.2, -0.15) is 0 Å². The molecule has 7 heteroatoms. The van der Waals surface area contributed by atoms with E-state index < -0.39 is 0 Å². The number of ether oxygens (including phenoxy) is 3. The molecule has 0 amide bonds. The van der Waals surface area contributed by atoms with Crippen LogP contribution in [0.15, 0.2) is 12.1 Å². The molecule has 1 unspecified atom stereocenters. The second kappa shape index (κ2) is 9.31. The van der Waals surface area contributed by atoms with Gasteiger partial charge < -0.3 is 24.4 Å². The molecule has 0 bridgehead atoms. The Labute approximate surface area is 172 Å². The number of aromatic nitrogens is 1. The lowest BCUT2D eigenvalue weighted by Crippen LogP contribution is -2.15. The van der Waals surface area contributed by atoms with E-state index in [1.165, 1.54) is 0 Å². The Kier molecular flexibility index (Phi) is 6.79. The highest BCUT2D eigenvalue weighted by molar-refractivity contribution is 5.90. The van der Waals surface area contributed by atoms with Gasteiger partial charge in [0, 0.05) is 35.2 Å². The minimum atomic E-state index is -0.266. The van der Waals surface area contributed by atoms with Crippen LogP contribution in [0.25, 0.3) is 10.9 Å². The Hall–Kier alpha value is -2.54. The fraction of sp³-hybridized carbons (Fsp3) is 0.545. The summed E-state index contributed by atoms with van der Waals surface area (Å²) in [5.74, 6) is 2.18. The first-order chi connectivity index (χ1) is 13.9. The van der Waals surface area contributed by atoms with Gasteiger partial charge in [0.15, 0.2) is 11.5 Å². The molecule has 1 aliphatic rings. The van der Waals surface area contributed by atoms with Crippen LogP contribution in [0.2, 0.25) is 0 Å². The highest BCUT2D eigenvalue weighted by atomic mass is 16.5. The maximum absolute atomic E-state index is 11.0. The molecule has 1 aromatic carbocycles. The van der Waals surface area contributed by atoms with Gasteiger partial charge in [-0.3, -0.25) is 4.79 Å². The van der Waals surface area contributed by atoms with Gasteiger partial charge in [0.1, 0.15) is 11.9 Å². The van der Waals surface area contributed by atoms with Gasteiger partial charge in [-0.15, -0.1) is 0 Å². The van der Waals surface area contributed by atoms with Crippen molar-refractivity contribution in [2.45, 2.75) is 45.3 Å². The highest BCUT2D eigenvalue weighted by Gasteiger charge is 2.30. The van der Waals surface area contributed by atoms with Gasteiger partial charge in [0.05, 0.1) is 19.2 Å². The summed E-state index contributed by atoms with van der Waals surface area (Å²) in [5, 5.41) is 4.38. The lowest BCUT2D eigenvalue weighted by Gasteiger charge is -2.19. The fourth-order valence-electron chi connectivity index (χ4n) is 3.81. The minimum absolute atomic E-state index is 0.245. The lowest BCUT2D eigenvalue weighted by atomic mass is 10.0. The second-order valence-electron chi connectivity index (χ2n) is 7.94. The number of nitrogens with one attached hydrogen (secondary N) is 1. The average Bonchev–Trinajstić information content (AvgIpc) is 3.09. The van der Waals surface area contributed by atoms with Gasteiger partial charge in [0.25, 0.3) is 6.47 Å². The molecule has 1 atom stereocenters. The van der Waals surface area contributed by atoms with E-state index >= 15 is 0 Å². The maximum atomic E-state index is 11.0. The van der Waals surface area contributed by atoms with Crippen LogP contribution >= 0.6 is 0 Å². The van der Waals surface area contributed by atoms with Crippen molar-refractivity contribution in [3.05, 3.63) is 23.3 Å². The van der Waals surface area contributed by atoms with Gasteiger partial charge >= 0.3 is 0 Å². The quantitative estimate of drug-likeness (QED) is 0.482. The van der Waals surface area contributed by atoms with Crippen molar-refractivity contribution < 1.29 is 19.0 Å². The van der Waals surface area contributed by atoms with E-state index in [2.05, 4.69) is 24.1 Å². The number of fused-ring (bicyclic) bond motifs is 3. The average molecular weight is 402 g/mol. The molecule has 0 saturated carbocycles. The number of hydrogen-bond acceptors (Lipinski definition) is 7. The number of anilines is 1. The van der Waals surface area contributed by atoms with Crippen molar-refractivity contribution in [2.75, 3.05) is 39.7 Å². The predicted molar refractivity (Wildman–Crippen MR) is 114 cm³/mol. The van der Waals surface area contributed by atoms with E-state index in [0.29, 0.717) is 24.6 Å². The van der Waals surface area contributed by atoms with Crippen LogP contribution < -0.4 is 14.8 Å². The van der Waals surface area contributed by atoms with E-state index in [-0.39, 0.29) is 12.1 Å². The third-order valence-electron chi connectivity index (χ3n) is 5.05. The van der Waals surface area contributed by atoms with E-state index in [1.807, 2.05) is 26.2 Å². The first kappa shape index (κ1) is 21.2. The largest absolute Gasteiger partial charge is 0.493 e. The van der Waals surface area contributed by atoms with Crippen LogP contribution in [0.3, 0.4) is 0 Å². The van der Waals surface area contributed by atoms with Crippen molar-refractivity contribution in [1.29, 1.82) is 0 Å². The Morgan fingerprint density at radius 3 is 2.76 bits per heavy atom. The number of carbonyl (C=O) groups excluding carboxylic acids is 1. The van der Waals surface area contributed by atoms with Gasteiger partial charge in [-0.1, -0.05) is 0 Å². The number of rotatable bonds is 10. The van der Waals surface area contributed by atoms with E-state index in [0.717, 1.165) is 53.7 Å². The summed E-state index contributed by atoms with van der Waals surface area (Å²) in [6.45, 7) is 6.24. The van der Waals surface area contributed by atoms with E-state index in [9.17, 15) is 4.79 Å². The Morgan fingerprint density at radius 1 is 1.31 bits per heavy atom. The second-order valence-corrected chi connectivity index (χ2v) is 7.94. The molecule has 1 heterocycles. The summed E-state index contributed by atoms with van der Waals surface area (Å²) in [7, 11) is 5.72. The lowest BCUT2D eigenvalue weighted by molar-refractivity contribution is -0.133. The van der Waals surface area contributed by atoms with Crippen LogP contribution in [0.1, 0.15) is 43.9 Å². The zero-order valence-electron chi connectivity index (χ0n) is 17.9. The fourth-order valence-corrected chi connectivity index (χ4v) is 3.81. The first-order valence-electron chi connectivity index (χ1n) is 10.1. The van der Waals surface area contributed by atoms with Crippen LogP contribution in [-0.2, 0) is 16.0 Å². The molecule has 0 radical (unpaired) electrons. The molecule has 1 N–H and O–H groups in total. The molecular weight excluding hydrogens is 370 g/mol. The topological polar surface area (TPSA) is 72.9 Å². The molecule has 0 spiro atoms. The molecule has 1 aliphatic carbocycles. The zero-order chi connectivity index (χ0) is 21.0. The SMILES string of the molecule is COc1cc2c3c(c(NC(C)C)nc2cc1OCCCN(C)C)CCC3OC=O. The molecule has 0 aliphatic heterocycles. The molecular formula is C22H31N3O4. The van der Waals surface area contributed by atoms with Gasteiger partial charge in [-0.05, 0) is 53.3 Å². The summed E-state index contributed by atoms with van der Waals surface area (Å²) in [6, 6.07) is 4.12. The molecule has 3 rings (SSSR count). The molecule has 158 valence electrons. The summed E-state index contributed by atoms with van der Waals surface area (Å²) >= 11 is 0. The number of nitrogens with zero attached hydrogens (tertiary/aromatic N) is 2. The summed E-state index contributed by atoms with van der Waals surface area (Å²) < 4.78 is 17.0. The molecule has 7 nitrogen and oxygen atoms in total. The van der Waals surface area contributed by atoms with Crippen LogP contribution in [0.5, 0.6) is 11.5 Å². The maximum Gasteiger partial charge on any atom is 0.293 e. The van der Waals surface area contributed by atoms with Crippen molar-refractivity contribution in [3.8, 4) is 11.5 Å². The number of benzene rings is 1. The molecule has 1 aromatic heterocycles. The van der Waals surface area contributed by atoms with Crippen molar-refractivity contribution in [1.82, 2.24) is 9.88 Å². The molecule has 2 aromatic rings. The predicted octanol–water partition coefficient (Wildman–Crippen LogP) is 3.55. The number of hydrogen-bond donors (Lipinski definition) is 1. The monoisotopic (exact) mass is 401 g/mol. The van der Waals surface area contributed by atoms with Crippen LogP contribution in [0.4, 0.5) is 5.82 Å². The smallest absolute Gasteiger partial charge is 0.293 e. The van der Waals surface area contributed by atoms with Gasteiger partial charge in [0.2, 0.25) is 0 Å². The zero-order valence-corrected chi connectivity index (χ0v) is 17.9. The summed E-state index contributed by atoms with van der Waals surface area (Å²) in [5.41, 5.74) is 2.93. The Balaban J connectivity index is 2.04. The minimum Gasteiger partial charge on any atom is -0.493 e. The Morgan fingerprint density at radius 2 is 2.10 bits per heavy atom. The van der Waals surface area contributed by atoms with Crippen LogP contribution in [0, 0.1) is 0 Å². The number of pyridine rings is 1.